The van der Waals surface area contributed by atoms with Crippen molar-refractivity contribution in [2.75, 3.05) is 0 Å². The lowest BCUT2D eigenvalue weighted by Gasteiger charge is -2.21. The smallest absolute Gasteiger partial charge is 0.0810 e. The quantitative estimate of drug-likeness (QED) is 0.165. The summed E-state index contributed by atoms with van der Waals surface area (Å²) in [5, 5.41) is 11.0. The number of hydrogen-bond donors (Lipinski definition) is 0. The maximum absolute atomic E-state index is 5.29. The molecular weight excluding hydrogens is 515 g/mol. The zero-order valence-electron chi connectivity index (χ0n) is 22.3. The predicted molar refractivity (Wildman–Crippen MR) is 176 cm³/mol. The van der Waals surface area contributed by atoms with Crippen molar-refractivity contribution in [2.24, 2.45) is 0 Å². The minimum Gasteiger partial charge on any atom is -0.254 e. The van der Waals surface area contributed by atoms with Crippen molar-refractivity contribution in [1.29, 1.82) is 0 Å². The molecule has 2 aromatic heterocycles. The first-order valence-electron chi connectivity index (χ1n) is 13.9. The molecule has 0 aliphatic heterocycles. The van der Waals surface area contributed by atoms with E-state index in [0.717, 1.165) is 27.6 Å². The Labute approximate surface area is 239 Å². The third-order valence-corrected chi connectivity index (χ3v) is 10.3. The normalized spacial score (nSPS) is 11.6. The molecule has 2 nitrogen and oxygen atoms in total. The Morgan fingerprint density at radius 1 is 0.439 bits per heavy atom. The standard InChI is InChI=1S/C38H25N2P/c1-3-14-27(15-4-1)41(28-16-5-2-6-17-28)38-31-20-10-9-19-30(31)34(25-39-38)37-33-24-23-26-13-7-8-18-29(26)36(33)32-21-11-12-22-35(32)40-37/h1-25H. The molecule has 0 unspecified atom stereocenters. The van der Waals surface area contributed by atoms with E-state index in [1.165, 1.54) is 42.9 Å². The van der Waals surface area contributed by atoms with Gasteiger partial charge >= 0.3 is 0 Å². The van der Waals surface area contributed by atoms with Crippen LogP contribution < -0.4 is 16.0 Å². The van der Waals surface area contributed by atoms with Gasteiger partial charge in [0, 0.05) is 41.2 Å². The molecule has 0 aliphatic rings. The van der Waals surface area contributed by atoms with Crippen LogP contribution in [-0.4, -0.2) is 9.97 Å². The van der Waals surface area contributed by atoms with Crippen LogP contribution in [0.2, 0.25) is 0 Å². The Hall–Kier alpha value is -4.91. The summed E-state index contributed by atoms with van der Waals surface area (Å²) in [4.78, 5) is 10.6. The molecule has 8 aromatic rings. The molecule has 0 fully saturated rings. The molecule has 3 heteroatoms. The van der Waals surface area contributed by atoms with Gasteiger partial charge in [-0.3, -0.25) is 4.98 Å². The maximum atomic E-state index is 5.29. The molecular formula is C38H25N2P. The van der Waals surface area contributed by atoms with Gasteiger partial charge in [-0.25, -0.2) is 4.98 Å². The lowest BCUT2D eigenvalue weighted by Crippen LogP contribution is -2.23. The molecule has 2 heterocycles. The largest absolute Gasteiger partial charge is 0.254 e. The van der Waals surface area contributed by atoms with Crippen molar-refractivity contribution in [3.63, 3.8) is 0 Å². The summed E-state index contributed by atoms with van der Waals surface area (Å²) in [6.07, 6.45) is 2.06. The fourth-order valence-electron chi connectivity index (χ4n) is 6.02. The van der Waals surface area contributed by atoms with Crippen molar-refractivity contribution in [2.45, 2.75) is 0 Å². The summed E-state index contributed by atoms with van der Waals surface area (Å²) in [5.41, 5.74) is 4.15. The van der Waals surface area contributed by atoms with Crippen LogP contribution in [-0.2, 0) is 0 Å². The summed E-state index contributed by atoms with van der Waals surface area (Å²) < 4.78 is 0. The van der Waals surface area contributed by atoms with Gasteiger partial charge in [0.25, 0.3) is 0 Å². The summed E-state index contributed by atoms with van der Waals surface area (Å²) in [5.74, 6) is 0. The van der Waals surface area contributed by atoms with Gasteiger partial charge < -0.3 is 0 Å². The molecule has 0 atom stereocenters. The van der Waals surface area contributed by atoms with Gasteiger partial charge in [-0.15, -0.1) is 0 Å². The lowest BCUT2D eigenvalue weighted by atomic mass is 9.94. The highest BCUT2D eigenvalue weighted by Crippen LogP contribution is 2.41. The van der Waals surface area contributed by atoms with Gasteiger partial charge in [-0.2, -0.15) is 0 Å². The van der Waals surface area contributed by atoms with E-state index in [-0.39, 0.29) is 0 Å². The van der Waals surface area contributed by atoms with Gasteiger partial charge in [0.2, 0.25) is 0 Å². The van der Waals surface area contributed by atoms with Crippen LogP contribution in [0.15, 0.2) is 152 Å². The molecule has 8 rings (SSSR count). The third-order valence-electron chi connectivity index (χ3n) is 7.86. The summed E-state index contributed by atoms with van der Waals surface area (Å²) in [7, 11) is -0.845. The highest BCUT2D eigenvalue weighted by molar-refractivity contribution is 7.80. The van der Waals surface area contributed by atoms with Gasteiger partial charge in [0.05, 0.1) is 16.6 Å². The van der Waals surface area contributed by atoms with E-state index in [4.69, 9.17) is 9.97 Å². The fraction of sp³-hybridized carbons (Fsp3) is 0. The minimum atomic E-state index is -0.845. The maximum Gasteiger partial charge on any atom is 0.0810 e. The Bertz CT molecular complexity index is 2150. The Morgan fingerprint density at radius 3 is 1.76 bits per heavy atom. The number of para-hydroxylation sites is 1. The van der Waals surface area contributed by atoms with E-state index < -0.39 is 7.92 Å². The van der Waals surface area contributed by atoms with Crippen LogP contribution in [0, 0.1) is 0 Å². The molecule has 6 aromatic carbocycles. The molecule has 192 valence electrons. The molecule has 0 radical (unpaired) electrons. The van der Waals surface area contributed by atoms with Crippen LogP contribution in [0.25, 0.3) is 54.5 Å². The van der Waals surface area contributed by atoms with Gasteiger partial charge in [-0.05, 0) is 32.8 Å². The van der Waals surface area contributed by atoms with Crippen molar-refractivity contribution >= 4 is 67.2 Å². The minimum absolute atomic E-state index is 0.845. The van der Waals surface area contributed by atoms with E-state index in [1.54, 1.807) is 0 Å². The van der Waals surface area contributed by atoms with Crippen LogP contribution in [0.1, 0.15) is 0 Å². The van der Waals surface area contributed by atoms with E-state index in [9.17, 15) is 0 Å². The average molecular weight is 541 g/mol. The third kappa shape index (κ3) is 3.99. The first-order chi connectivity index (χ1) is 20.4. The van der Waals surface area contributed by atoms with Gasteiger partial charge in [0.1, 0.15) is 0 Å². The van der Waals surface area contributed by atoms with Crippen molar-refractivity contribution in [3.8, 4) is 11.3 Å². The molecule has 41 heavy (non-hydrogen) atoms. The number of hydrogen-bond acceptors (Lipinski definition) is 2. The van der Waals surface area contributed by atoms with Gasteiger partial charge in [0.15, 0.2) is 0 Å². The number of aromatic nitrogens is 2. The number of benzene rings is 6. The topological polar surface area (TPSA) is 25.8 Å². The summed E-state index contributed by atoms with van der Waals surface area (Å²) in [6.45, 7) is 0. The molecule has 0 saturated heterocycles. The first-order valence-corrected chi connectivity index (χ1v) is 15.2. The molecule has 0 N–H and O–H groups in total. The molecule has 0 saturated carbocycles. The number of fused-ring (bicyclic) bond motifs is 6. The summed E-state index contributed by atoms with van der Waals surface area (Å²) in [6, 6.07) is 51.8. The van der Waals surface area contributed by atoms with E-state index >= 15 is 0 Å². The molecule has 0 bridgehead atoms. The SMILES string of the molecule is c1ccc(P(c2ccccc2)c2ncc(-c3nc4ccccc4c4c3ccc3ccccc34)c3ccccc23)cc1. The number of pyridine rings is 2. The second kappa shape index (κ2) is 9.93. The van der Waals surface area contributed by atoms with E-state index in [2.05, 4.69) is 152 Å². The first kappa shape index (κ1) is 23.9. The molecule has 0 aliphatic carbocycles. The zero-order valence-corrected chi connectivity index (χ0v) is 23.2. The monoisotopic (exact) mass is 540 g/mol. The average Bonchev–Trinajstić information content (AvgIpc) is 3.05. The van der Waals surface area contributed by atoms with Gasteiger partial charge in [-0.1, -0.05) is 140 Å². The van der Waals surface area contributed by atoms with E-state index in [1.807, 2.05) is 0 Å². The van der Waals surface area contributed by atoms with E-state index in [0.29, 0.717) is 0 Å². The predicted octanol–water partition coefficient (Wildman–Crippen LogP) is 8.51. The highest BCUT2D eigenvalue weighted by Gasteiger charge is 2.23. The van der Waals surface area contributed by atoms with Crippen molar-refractivity contribution < 1.29 is 0 Å². The second-order valence-electron chi connectivity index (χ2n) is 10.2. The van der Waals surface area contributed by atoms with Crippen LogP contribution >= 0.6 is 7.92 Å². The Morgan fingerprint density at radius 2 is 1.02 bits per heavy atom. The fourth-order valence-corrected chi connectivity index (χ4v) is 8.36. The van der Waals surface area contributed by atoms with Crippen LogP contribution in [0.5, 0.6) is 0 Å². The molecule has 0 spiro atoms. The lowest BCUT2D eigenvalue weighted by molar-refractivity contribution is 1.38. The van der Waals surface area contributed by atoms with Crippen LogP contribution in [0.3, 0.4) is 0 Å². The Balaban J connectivity index is 1.44. The zero-order chi connectivity index (χ0) is 27.2. The highest BCUT2D eigenvalue weighted by atomic mass is 31.1. The summed E-state index contributed by atoms with van der Waals surface area (Å²) >= 11 is 0. The van der Waals surface area contributed by atoms with Crippen molar-refractivity contribution in [1.82, 2.24) is 9.97 Å². The molecule has 0 amide bonds. The number of rotatable bonds is 4. The number of nitrogens with zero attached hydrogens (tertiary/aromatic N) is 2. The second-order valence-corrected chi connectivity index (χ2v) is 12.4. The van der Waals surface area contributed by atoms with Crippen molar-refractivity contribution in [3.05, 3.63) is 152 Å². The van der Waals surface area contributed by atoms with Crippen LogP contribution in [0.4, 0.5) is 0 Å². The Kier molecular flexibility index (Phi) is 5.80.